The quantitative estimate of drug-likeness (QED) is 0.939. The van der Waals surface area contributed by atoms with Crippen molar-refractivity contribution >= 4 is 11.7 Å². The third-order valence-corrected chi connectivity index (χ3v) is 4.22. The lowest BCUT2D eigenvalue weighted by atomic mass is 9.93. The lowest BCUT2D eigenvalue weighted by Crippen LogP contribution is -2.38. The highest BCUT2D eigenvalue weighted by Crippen LogP contribution is 2.31. The number of rotatable bonds is 4. The van der Waals surface area contributed by atoms with Gasteiger partial charge in [-0.15, -0.1) is 0 Å². The Morgan fingerprint density at radius 2 is 2.18 bits per heavy atom. The summed E-state index contributed by atoms with van der Waals surface area (Å²) in [6.45, 7) is 7.78. The fourth-order valence-electron chi connectivity index (χ4n) is 3.09. The Labute approximate surface area is 131 Å². The first-order valence-corrected chi connectivity index (χ1v) is 7.76. The van der Waals surface area contributed by atoms with Crippen LogP contribution >= 0.6 is 0 Å². The van der Waals surface area contributed by atoms with Gasteiger partial charge in [0.05, 0.1) is 12.4 Å². The Kier molecular flexibility index (Phi) is 3.88. The van der Waals surface area contributed by atoms with Crippen molar-refractivity contribution in [3.63, 3.8) is 0 Å². The van der Waals surface area contributed by atoms with Crippen LogP contribution in [0.25, 0.3) is 0 Å². The molecule has 0 saturated carbocycles. The third-order valence-electron chi connectivity index (χ3n) is 4.22. The zero-order valence-electron chi connectivity index (χ0n) is 13.3. The molecule has 3 rings (SSSR count). The number of carbonyl (C=O) groups is 1. The van der Waals surface area contributed by atoms with Crippen molar-refractivity contribution in [3.05, 3.63) is 48.0 Å². The summed E-state index contributed by atoms with van der Waals surface area (Å²) in [7, 11) is 0. The first-order valence-electron chi connectivity index (χ1n) is 7.76. The molecule has 2 heterocycles. The molecule has 5 heteroatoms. The average Bonchev–Trinajstić information content (AvgIpc) is 3.00. The molecule has 0 radical (unpaired) electrons. The van der Waals surface area contributed by atoms with Crippen LogP contribution in [0.5, 0.6) is 0 Å². The van der Waals surface area contributed by atoms with E-state index in [2.05, 4.69) is 46.9 Å². The van der Waals surface area contributed by atoms with Gasteiger partial charge in [-0.1, -0.05) is 26.0 Å². The monoisotopic (exact) mass is 298 g/mol. The lowest BCUT2D eigenvalue weighted by molar-refractivity contribution is 0.210. The highest BCUT2D eigenvalue weighted by molar-refractivity contribution is 5.92. The van der Waals surface area contributed by atoms with Crippen molar-refractivity contribution in [2.45, 2.75) is 33.4 Å². The average molecular weight is 298 g/mol. The van der Waals surface area contributed by atoms with Gasteiger partial charge in [0.2, 0.25) is 0 Å². The van der Waals surface area contributed by atoms with Gasteiger partial charge in [-0.25, -0.2) is 9.78 Å². The van der Waals surface area contributed by atoms with Crippen LogP contribution < -0.4 is 5.32 Å². The van der Waals surface area contributed by atoms with Gasteiger partial charge in [0, 0.05) is 31.2 Å². The zero-order valence-corrected chi connectivity index (χ0v) is 13.3. The number of hydrogen-bond donors (Lipinski definition) is 1. The van der Waals surface area contributed by atoms with E-state index in [-0.39, 0.29) is 12.1 Å². The number of benzene rings is 1. The minimum absolute atomic E-state index is 0.0177. The van der Waals surface area contributed by atoms with Gasteiger partial charge in [0.1, 0.15) is 0 Å². The fraction of sp³-hybridized carbons (Fsp3) is 0.412. The summed E-state index contributed by atoms with van der Waals surface area (Å²) < 4.78 is 2.12. The number of aromatic nitrogens is 2. The Morgan fingerprint density at radius 3 is 2.82 bits per heavy atom. The maximum atomic E-state index is 12.0. The normalized spacial score (nSPS) is 15.6. The molecule has 2 aromatic rings. The first kappa shape index (κ1) is 14.6. The van der Waals surface area contributed by atoms with Crippen LogP contribution in [-0.2, 0) is 6.54 Å². The van der Waals surface area contributed by atoms with E-state index >= 15 is 0 Å². The van der Waals surface area contributed by atoms with E-state index in [4.69, 9.17) is 0 Å². The summed E-state index contributed by atoms with van der Waals surface area (Å²) >= 11 is 0. The second kappa shape index (κ2) is 5.83. The minimum atomic E-state index is -0.0177. The summed E-state index contributed by atoms with van der Waals surface area (Å²) in [6.07, 6.45) is 5.64. The standard InChI is InChI=1S/C17H22N4O/c1-4-20-10-14-6-5-13(9-15(14)19-17(20)22)16(12(2)3)21-8-7-18-11-21/h5-9,11-12,16H,4,10H2,1-3H3,(H,19,22). The molecule has 0 bridgehead atoms. The second-order valence-corrected chi connectivity index (χ2v) is 6.06. The van der Waals surface area contributed by atoms with Crippen LogP contribution in [0.15, 0.2) is 36.9 Å². The fourth-order valence-corrected chi connectivity index (χ4v) is 3.09. The highest BCUT2D eigenvalue weighted by Gasteiger charge is 2.24. The van der Waals surface area contributed by atoms with E-state index in [0.29, 0.717) is 12.5 Å². The van der Waals surface area contributed by atoms with E-state index < -0.39 is 0 Å². The predicted octanol–water partition coefficient (Wildman–Crippen LogP) is 3.50. The Bertz CT molecular complexity index is 663. The first-order chi connectivity index (χ1) is 10.6. The number of fused-ring (bicyclic) bond motifs is 1. The predicted molar refractivity (Wildman–Crippen MR) is 86.7 cm³/mol. The molecule has 1 aromatic carbocycles. The number of nitrogens with one attached hydrogen (secondary N) is 1. The molecule has 1 unspecified atom stereocenters. The number of imidazole rings is 1. The van der Waals surface area contributed by atoms with Gasteiger partial charge in [-0.05, 0) is 30.0 Å². The van der Waals surface area contributed by atoms with Gasteiger partial charge >= 0.3 is 6.03 Å². The second-order valence-electron chi connectivity index (χ2n) is 6.06. The maximum absolute atomic E-state index is 12.0. The van der Waals surface area contributed by atoms with Crippen LogP contribution in [0.2, 0.25) is 0 Å². The van der Waals surface area contributed by atoms with Crippen LogP contribution in [0.3, 0.4) is 0 Å². The number of amides is 2. The molecule has 1 N–H and O–H groups in total. The maximum Gasteiger partial charge on any atom is 0.322 e. The van der Waals surface area contributed by atoms with Crippen molar-refractivity contribution in [3.8, 4) is 0 Å². The zero-order chi connectivity index (χ0) is 15.7. The number of nitrogens with zero attached hydrogens (tertiary/aromatic N) is 3. The number of hydrogen-bond acceptors (Lipinski definition) is 2. The molecule has 0 aliphatic carbocycles. The van der Waals surface area contributed by atoms with Crippen molar-refractivity contribution in [1.29, 1.82) is 0 Å². The van der Waals surface area contributed by atoms with Gasteiger partial charge in [0.25, 0.3) is 0 Å². The molecule has 116 valence electrons. The number of carbonyl (C=O) groups excluding carboxylic acids is 1. The Balaban J connectivity index is 1.96. The molecule has 22 heavy (non-hydrogen) atoms. The SMILES string of the molecule is CCN1Cc2ccc(C(C(C)C)n3ccnc3)cc2NC1=O. The van der Waals surface area contributed by atoms with Gasteiger partial charge in [-0.3, -0.25) is 0 Å². The Hall–Kier alpha value is -2.30. The Morgan fingerprint density at radius 1 is 1.36 bits per heavy atom. The van der Waals surface area contributed by atoms with Gasteiger partial charge in [0.15, 0.2) is 0 Å². The van der Waals surface area contributed by atoms with E-state index in [9.17, 15) is 4.79 Å². The van der Waals surface area contributed by atoms with Crippen molar-refractivity contribution in [1.82, 2.24) is 14.5 Å². The van der Waals surface area contributed by atoms with E-state index in [1.165, 1.54) is 11.1 Å². The van der Waals surface area contributed by atoms with Crippen molar-refractivity contribution in [2.75, 3.05) is 11.9 Å². The van der Waals surface area contributed by atoms with E-state index in [0.717, 1.165) is 12.2 Å². The minimum Gasteiger partial charge on any atom is -0.330 e. The highest BCUT2D eigenvalue weighted by atomic mass is 16.2. The largest absolute Gasteiger partial charge is 0.330 e. The lowest BCUT2D eigenvalue weighted by Gasteiger charge is -2.30. The van der Waals surface area contributed by atoms with Crippen molar-refractivity contribution < 1.29 is 4.79 Å². The molecular weight excluding hydrogens is 276 g/mol. The molecule has 0 spiro atoms. The van der Waals surface area contributed by atoms with Crippen LogP contribution in [-0.4, -0.2) is 27.0 Å². The smallest absolute Gasteiger partial charge is 0.322 e. The van der Waals surface area contributed by atoms with E-state index in [1.54, 1.807) is 11.1 Å². The van der Waals surface area contributed by atoms with E-state index in [1.807, 2.05) is 19.4 Å². The van der Waals surface area contributed by atoms with Crippen LogP contribution in [0.4, 0.5) is 10.5 Å². The summed E-state index contributed by atoms with van der Waals surface area (Å²) in [4.78, 5) is 18.0. The molecule has 1 aliphatic rings. The number of urea groups is 1. The molecule has 0 saturated heterocycles. The molecule has 1 aliphatic heterocycles. The third kappa shape index (κ3) is 2.58. The molecule has 1 atom stereocenters. The molecule has 0 fully saturated rings. The van der Waals surface area contributed by atoms with Gasteiger partial charge in [-0.2, -0.15) is 0 Å². The van der Waals surface area contributed by atoms with Crippen LogP contribution in [0, 0.1) is 5.92 Å². The summed E-state index contributed by atoms with van der Waals surface area (Å²) in [5.41, 5.74) is 3.29. The molecule has 5 nitrogen and oxygen atoms in total. The molecule has 2 amide bonds. The summed E-state index contributed by atoms with van der Waals surface area (Å²) in [6, 6.07) is 6.59. The van der Waals surface area contributed by atoms with Crippen molar-refractivity contribution in [2.24, 2.45) is 5.92 Å². The van der Waals surface area contributed by atoms with Gasteiger partial charge < -0.3 is 14.8 Å². The van der Waals surface area contributed by atoms with Crippen LogP contribution in [0.1, 0.15) is 37.9 Å². The molecule has 1 aromatic heterocycles. The summed E-state index contributed by atoms with van der Waals surface area (Å²) in [5, 5.41) is 3.00. The number of anilines is 1. The topological polar surface area (TPSA) is 50.2 Å². The molecular formula is C17H22N4O. The summed E-state index contributed by atoms with van der Waals surface area (Å²) in [5.74, 6) is 0.429.